The summed E-state index contributed by atoms with van der Waals surface area (Å²) >= 11 is 0. The van der Waals surface area contributed by atoms with Crippen LogP contribution < -0.4 is 5.32 Å². The van der Waals surface area contributed by atoms with Gasteiger partial charge in [-0.25, -0.2) is 4.39 Å². The van der Waals surface area contributed by atoms with E-state index in [4.69, 9.17) is 0 Å². The van der Waals surface area contributed by atoms with E-state index >= 15 is 0 Å². The maximum atomic E-state index is 14.2. The Morgan fingerprint density at radius 3 is 2.73 bits per heavy atom. The maximum Gasteiger partial charge on any atom is 0.278 e. The third-order valence-electron chi connectivity index (χ3n) is 4.03. The Morgan fingerprint density at radius 1 is 1.23 bits per heavy atom. The molecule has 7 heteroatoms. The van der Waals surface area contributed by atoms with Crippen LogP contribution in [0.4, 0.5) is 15.8 Å². The molecule has 0 aliphatic carbocycles. The maximum absolute atomic E-state index is 14.2. The van der Waals surface area contributed by atoms with Gasteiger partial charge in [-0.15, -0.1) is 0 Å². The van der Waals surface area contributed by atoms with Crippen molar-refractivity contribution in [3.05, 3.63) is 75.7 Å². The van der Waals surface area contributed by atoms with Crippen LogP contribution >= 0.6 is 0 Å². The smallest absolute Gasteiger partial charge is 0.278 e. The molecule has 0 unspecified atom stereocenters. The molecular formula is C19H19FN4O2. The van der Waals surface area contributed by atoms with Crippen LogP contribution in [0.3, 0.4) is 0 Å². The first-order valence-electron chi connectivity index (χ1n) is 8.13. The number of pyridine rings is 1. The largest absolute Gasteiger partial charge is 0.379 e. The zero-order valence-electron chi connectivity index (χ0n) is 14.6. The zero-order valence-corrected chi connectivity index (χ0v) is 14.6. The van der Waals surface area contributed by atoms with Gasteiger partial charge < -0.3 is 10.2 Å². The summed E-state index contributed by atoms with van der Waals surface area (Å²) in [6.45, 7) is 0.930. The molecule has 1 aromatic heterocycles. The van der Waals surface area contributed by atoms with Crippen LogP contribution in [0, 0.1) is 15.9 Å². The first-order valence-corrected chi connectivity index (χ1v) is 8.13. The summed E-state index contributed by atoms with van der Waals surface area (Å²) in [6, 6.07) is 11.6. The van der Waals surface area contributed by atoms with Crippen LogP contribution in [0.25, 0.3) is 10.9 Å². The van der Waals surface area contributed by atoms with E-state index in [1.54, 1.807) is 30.5 Å². The number of benzene rings is 2. The number of non-ortho nitro benzene ring substituents is 1. The van der Waals surface area contributed by atoms with Crippen molar-refractivity contribution in [3.8, 4) is 0 Å². The number of halogens is 1. The summed E-state index contributed by atoms with van der Waals surface area (Å²) in [5.74, 6) is -0.246. The van der Waals surface area contributed by atoms with Crippen molar-refractivity contribution in [3.63, 3.8) is 0 Å². The van der Waals surface area contributed by atoms with E-state index in [0.29, 0.717) is 35.2 Å². The van der Waals surface area contributed by atoms with Gasteiger partial charge in [0.2, 0.25) is 0 Å². The summed E-state index contributed by atoms with van der Waals surface area (Å²) in [4.78, 5) is 16.9. The van der Waals surface area contributed by atoms with Gasteiger partial charge in [-0.05, 0) is 43.9 Å². The van der Waals surface area contributed by atoms with Gasteiger partial charge >= 0.3 is 0 Å². The molecule has 3 aromatic rings. The number of hydrogen-bond acceptors (Lipinski definition) is 5. The number of rotatable bonds is 6. The number of nitrogens with zero attached hydrogens (tertiary/aromatic N) is 3. The van der Waals surface area contributed by atoms with Gasteiger partial charge in [0.25, 0.3) is 5.69 Å². The Bertz CT molecular complexity index is 959. The number of fused-ring (bicyclic) bond motifs is 1. The standard InChI is InChI=1S/C19H19FN4O2/c1-23(2)12-14-6-5-13(10-16(14)20)11-22-17-7-8-18(24(25)26)15-4-3-9-21-19(15)17/h3-10,22H,11-12H2,1-2H3. The Kier molecular flexibility index (Phi) is 5.09. The van der Waals surface area contributed by atoms with Gasteiger partial charge in [0.15, 0.2) is 0 Å². The summed E-state index contributed by atoms with van der Waals surface area (Å²) < 4.78 is 14.2. The number of nitro groups is 1. The molecule has 134 valence electrons. The van der Waals surface area contributed by atoms with Gasteiger partial charge in [0, 0.05) is 30.9 Å². The minimum Gasteiger partial charge on any atom is -0.379 e. The Labute approximate surface area is 150 Å². The molecule has 0 aliphatic rings. The van der Waals surface area contributed by atoms with Crippen molar-refractivity contribution >= 4 is 22.3 Å². The summed E-state index contributed by atoms with van der Waals surface area (Å²) in [5, 5.41) is 14.8. The molecule has 0 bridgehead atoms. The lowest BCUT2D eigenvalue weighted by atomic mass is 10.1. The van der Waals surface area contributed by atoms with Crippen LogP contribution in [-0.2, 0) is 13.1 Å². The minimum absolute atomic E-state index is 0.0118. The molecule has 0 fully saturated rings. The van der Waals surface area contributed by atoms with Gasteiger partial charge in [-0.2, -0.15) is 0 Å². The second kappa shape index (κ2) is 7.45. The zero-order chi connectivity index (χ0) is 18.7. The van der Waals surface area contributed by atoms with Crippen LogP contribution in [0.2, 0.25) is 0 Å². The highest BCUT2D eigenvalue weighted by molar-refractivity contribution is 5.96. The SMILES string of the molecule is CN(C)Cc1ccc(CNc2ccc([N+](=O)[O-])c3cccnc23)cc1F. The van der Waals surface area contributed by atoms with E-state index < -0.39 is 4.92 Å². The fraction of sp³-hybridized carbons (Fsp3) is 0.211. The van der Waals surface area contributed by atoms with E-state index in [1.165, 1.54) is 12.1 Å². The van der Waals surface area contributed by atoms with Crippen molar-refractivity contribution in [2.75, 3.05) is 19.4 Å². The van der Waals surface area contributed by atoms with Crippen LogP contribution in [0.1, 0.15) is 11.1 Å². The Hall–Kier alpha value is -3.06. The van der Waals surface area contributed by atoms with Crippen LogP contribution in [0.5, 0.6) is 0 Å². The summed E-state index contributed by atoms with van der Waals surface area (Å²) in [5.41, 5.74) is 2.63. The predicted octanol–water partition coefficient (Wildman–Crippen LogP) is 3.96. The Morgan fingerprint density at radius 2 is 2.04 bits per heavy atom. The third-order valence-corrected chi connectivity index (χ3v) is 4.03. The van der Waals surface area contributed by atoms with Crippen molar-refractivity contribution in [1.82, 2.24) is 9.88 Å². The normalized spacial score (nSPS) is 11.1. The molecule has 1 heterocycles. The highest BCUT2D eigenvalue weighted by Gasteiger charge is 2.15. The van der Waals surface area contributed by atoms with Crippen LogP contribution in [0.15, 0.2) is 48.7 Å². The molecule has 1 N–H and O–H groups in total. The second-order valence-electron chi connectivity index (χ2n) is 6.31. The number of aromatic nitrogens is 1. The van der Waals surface area contributed by atoms with Crippen molar-refractivity contribution in [2.45, 2.75) is 13.1 Å². The molecule has 26 heavy (non-hydrogen) atoms. The molecule has 3 rings (SSSR count). The Balaban J connectivity index is 1.83. The third kappa shape index (κ3) is 3.78. The first-order chi connectivity index (χ1) is 12.5. The average Bonchev–Trinajstić information content (AvgIpc) is 2.61. The topological polar surface area (TPSA) is 71.3 Å². The van der Waals surface area contributed by atoms with Gasteiger partial charge in [-0.1, -0.05) is 12.1 Å². The second-order valence-corrected chi connectivity index (χ2v) is 6.31. The molecule has 0 saturated carbocycles. The number of anilines is 1. The fourth-order valence-electron chi connectivity index (χ4n) is 2.83. The van der Waals surface area contributed by atoms with E-state index in [0.717, 1.165) is 5.56 Å². The van der Waals surface area contributed by atoms with E-state index in [1.807, 2.05) is 25.1 Å². The first kappa shape index (κ1) is 17.8. The predicted molar refractivity (Wildman–Crippen MR) is 99.5 cm³/mol. The molecule has 0 saturated heterocycles. The molecule has 0 radical (unpaired) electrons. The molecule has 0 spiro atoms. The van der Waals surface area contributed by atoms with E-state index in [2.05, 4.69) is 10.3 Å². The monoisotopic (exact) mass is 354 g/mol. The van der Waals surface area contributed by atoms with Crippen molar-refractivity contribution in [2.24, 2.45) is 0 Å². The molecular weight excluding hydrogens is 335 g/mol. The molecule has 6 nitrogen and oxygen atoms in total. The summed E-state index contributed by atoms with van der Waals surface area (Å²) in [6.07, 6.45) is 1.59. The molecule has 0 atom stereocenters. The highest BCUT2D eigenvalue weighted by Crippen LogP contribution is 2.30. The lowest BCUT2D eigenvalue weighted by molar-refractivity contribution is -0.383. The van der Waals surface area contributed by atoms with Crippen molar-refractivity contribution < 1.29 is 9.31 Å². The van der Waals surface area contributed by atoms with Gasteiger partial charge in [0.1, 0.15) is 11.3 Å². The quantitative estimate of drug-likeness (QED) is 0.536. The summed E-state index contributed by atoms with van der Waals surface area (Å²) in [7, 11) is 3.78. The average molecular weight is 354 g/mol. The number of nitro benzene ring substituents is 1. The van der Waals surface area contributed by atoms with Crippen molar-refractivity contribution in [1.29, 1.82) is 0 Å². The lowest BCUT2D eigenvalue weighted by Crippen LogP contribution is -2.12. The molecule has 0 aliphatic heterocycles. The highest BCUT2D eigenvalue weighted by atomic mass is 19.1. The molecule has 2 aromatic carbocycles. The lowest BCUT2D eigenvalue weighted by Gasteiger charge is -2.13. The van der Waals surface area contributed by atoms with Gasteiger partial charge in [0.05, 0.1) is 16.0 Å². The van der Waals surface area contributed by atoms with Gasteiger partial charge in [-0.3, -0.25) is 15.1 Å². The minimum atomic E-state index is -0.424. The van der Waals surface area contributed by atoms with E-state index in [9.17, 15) is 14.5 Å². The van der Waals surface area contributed by atoms with Crippen LogP contribution in [-0.4, -0.2) is 28.9 Å². The number of nitrogens with one attached hydrogen (secondary N) is 1. The van der Waals surface area contributed by atoms with E-state index in [-0.39, 0.29) is 11.5 Å². The number of hydrogen-bond donors (Lipinski definition) is 1. The fourth-order valence-corrected chi connectivity index (χ4v) is 2.83. The molecule has 0 amide bonds.